The van der Waals surface area contributed by atoms with Crippen molar-refractivity contribution in [2.75, 3.05) is 19.9 Å². The lowest BCUT2D eigenvalue weighted by molar-refractivity contribution is -0.886. The van der Waals surface area contributed by atoms with Gasteiger partial charge in [0, 0.05) is 0 Å². The summed E-state index contributed by atoms with van der Waals surface area (Å²) in [7, 11) is 0. The average Bonchev–Trinajstić information content (AvgIpc) is 2.98. The molecule has 10 heteroatoms. The minimum absolute atomic E-state index is 0.0678. The first-order valence-corrected chi connectivity index (χ1v) is 6.68. The van der Waals surface area contributed by atoms with Gasteiger partial charge in [0.1, 0.15) is 37.3 Å². The number of aliphatic hydroxyl groups excluding tert-OH is 3. The molecule has 0 aliphatic carbocycles. The summed E-state index contributed by atoms with van der Waals surface area (Å²) in [6.45, 7) is 0.167. The molecule has 0 amide bonds. The smallest absolute Gasteiger partial charge is 0.158 e. The minimum Gasteiger partial charge on any atom is -0.632 e. The van der Waals surface area contributed by atoms with E-state index < -0.39 is 30.7 Å². The van der Waals surface area contributed by atoms with Crippen molar-refractivity contribution >= 4 is 0 Å². The van der Waals surface area contributed by atoms with Crippen LogP contribution in [-0.4, -0.2) is 83.1 Å². The third kappa shape index (κ3) is 2.14. The van der Waals surface area contributed by atoms with Crippen LogP contribution in [0.25, 0.3) is 0 Å². The molecule has 8 N–H and O–H groups in total. The fraction of sp³-hybridized carbons (Fsp3) is 1.00. The largest absolute Gasteiger partial charge is 0.632 e. The van der Waals surface area contributed by atoms with Gasteiger partial charge in [-0.1, -0.05) is 0 Å². The lowest BCUT2D eigenvalue weighted by Gasteiger charge is -2.43. The molecule has 0 aromatic carbocycles. The molecule has 0 radical (unpaired) electrons. The van der Waals surface area contributed by atoms with E-state index in [9.17, 15) is 15.4 Å². The summed E-state index contributed by atoms with van der Waals surface area (Å²) in [5, 5.41) is 46.6. The SMILES string of the molecule is NC1C2NCN(C3OC(CO)C(O)C3O)C2NC[NH+]1[O-]. The fourth-order valence-corrected chi connectivity index (χ4v) is 3.12. The molecule has 0 saturated carbocycles. The Kier molecular flexibility index (Phi) is 3.94. The van der Waals surface area contributed by atoms with Crippen LogP contribution in [0.3, 0.4) is 0 Å². The van der Waals surface area contributed by atoms with E-state index in [0.29, 0.717) is 6.67 Å². The third-order valence-electron chi connectivity index (χ3n) is 4.30. The van der Waals surface area contributed by atoms with Crippen LogP contribution < -0.4 is 21.4 Å². The zero-order valence-corrected chi connectivity index (χ0v) is 10.8. The molecule has 3 aliphatic heterocycles. The highest BCUT2D eigenvalue weighted by atomic mass is 16.6. The molecule has 0 aromatic rings. The van der Waals surface area contributed by atoms with Crippen molar-refractivity contribution in [3.05, 3.63) is 5.21 Å². The molecule has 3 aliphatic rings. The van der Waals surface area contributed by atoms with E-state index >= 15 is 0 Å². The van der Waals surface area contributed by atoms with Crippen LogP contribution in [0.1, 0.15) is 0 Å². The average molecular weight is 291 g/mol. The number of hydrogen-bond acceptors (Lipinski definition) is 9. The Morgan fingerprint density at radius 2 is 2.10 bits per heavy atom. The lowest BCUT2D eigenvalue weighted by Crippen LogP contribution is -3.19. The maximum atomic E-state index is 11.6. The quantitative estimate of drug-likeness (QED) is 0.247. The van der Waals surface area contributed by atoms with Gasteiger partial charge in [-0.15, -0.1) is 0 Å². The highest BCUT2D eigenvalue weighted by molar-refractivity contribution is 4.99. The van der Waals surface area contributed by atoms with Crippen LogP contribution in [0, 0.1) is 5.21 Å². The van der Waals surface area contributed by atoms with Crippen LogP contribution in [0.2, 0.25) is 0 Å². The van der Waals surface area contributed by atoms with Crippen molar-refractivity contribution in [2.24, 2.45) is 5.73 Å². The summed E-state index contributed by atoms with van der Waals surface area (Å²) in [6, 6.07) is -0.266. The lowest BCUT2D eigenvalue weighted by atomic mass is 10.1. The van der Waals surface area contributed by atoms with Crippen molar-refractivity contribution in [1.29, 1.82) is 0 Å². The van der Waals surface area contributed by atoms with E-state index in [2.05, 4.69) is 10.6 Å². The number of rotatable bonds is 2. The van der Waals surface area contributed by atoms with Gasteiger partial charge < -0.3 is 30.3 Å². The monoisotopic (exact) mass is 291 g/mol. The molecule has 0 spiro atoms. The van der Waals surface area contributed by atoms with Crippen LogP contribution in [0.4, 0.5) is 0 Å². The maximum absolute atomic E-state index is 11.6. The summed E-state index contributed by atoms with van der Waals surface area (Å²) < 4.78 is 5.50. The number of nitrogens with zero attached hydrogens (tertiary/aromatic N) is 1. The molecule has 10 nitrogen and oxygen atoms in total. The van der Waals surface area contributed by atoms with Gasteiger partial charge in [-0.05, 0) is 0 Å². The van der Waals surface area contributed by atoms with Crippen LogP contribution >= 0.6 is 0 Å². The van der Waals surface area contributed by atoms with Crippen molar-refractivity contribution in [3.8, 4) is 0 Å². The highest BCUT2D eigenvalue weighted by Crippen LogP contribution is 2.27. The number of quaternary nitrogens is 1. The van der Waals surface area contributed by atoms with E-state index in [4.69, 9.17) is 15.6 Å². The Labute approximate surface area is 115 Å². The summed E-state index contributed by atoms with van der Waals surface area (Å²) in [5.74, 6) is 0. The van der Waals surface area contributed by atoms with Gasteiger partial charge in [-0.25, -0.2) is 4.90 Å². The molecular weight excluding hydrogens is 270 g/mol. The Hall–Kier alpha value is -0.400. The van der Waals surface area contributed by atoms with E-state index in [0.717, 1.165) is 0 Å². The molecule has 8 atom stereocenters. The number of hydrogen-bond donors (Lipinski definition) is 7. The van der Waals surface area contributed by atoms with E-state index in [1.165, 1.54) is 0 Å². The molecule has 3 heterocycles. The normalized spacial score (nSPS) is 53.2. The summed E-state index contributed by atoms with van der Waals surface area (Å²) in [6.07, 6.45) is -4.69. The van der Waals surface area contributed by atoms with Gasteiger partial charge in [-0.2, -0.15) is 0 Å². The second-order valence-corrected chi connectivity index (χ2v) is 5.45. The maximum Gasteiger partial charge on any atom is 0.158 e. The van der Waals surface area contributed by atoms with Gasteiger partial charge >= 0.3 is 0 Å². The predicted molar refractivity (Wildman–Crippen MR) is 65.5 cm³/mol. The van der Waals surface area contributed by atoms with Crippen molar-refractivity contribution in [1.82, 2.24) is 15.5 Å². The number of aliphatic hydroxyl groups is 3. The van der Waals surface area contributed by atoms with Crippen LogP contribution in [-0.2, 0) is 4.74 Å². The zero-order valence-electron chi connectivity index (χ0n) is 10.8. The first kappa shape index (κ1) is 14.5. The van der Waals surface area contributed by atoms with Crippen LogP contribution in [0.5, 0.6) is 0 Å². The molecule has 3 rings (SSSR count). The van der Waals surface area contributed by atoms with Gasteiger partial charge in [0.25, 0.3) is 0 Å². The Morgan fingerprint density at radius 1 is 1.35 bits per heavy atom. The van der Waals surface area contributed by atoms with E-state index in [1.807, 2.05) is 0 Å². The Bertz CT molecular complexity index is 363. The summed E-state index contributed by atoms with van der Waals surface area (Å²) >= 11 is 0. The van der Waals surface area contributed by atoms with E-state index in [1.54, 1.807) is 4.90 Å². The number of ether oxygens (including phenoxy) is 1. The van der Waals surface area contributed by atoms with Crippen molar-refractivity contribution < 1.29 is 25.1 Å². The molecule has 20 heavy (non-hydrogen) atoms. The molecule has 116 valence electrons. The predicted octanol–water partition coefficient (Wildman–Crippen LogP) is -5.79. The number of fused-ring (bicyclic) bond motifs is 1. The van der Waals surface area contributed by atoms with Gasteiger partial charge in [-0.3, -0.25) is 16.4 Å². The van der Waals surface area contributed by atoms with Gasteiger partial charge in [0.15, 0.2) is 6.17 Å². The van der Waals surface area contributed by atoms with Crippen molar-refractivity contribution in [3.63, 3.8) is 0 Å². The Balaban J connectivity index is 1.73. The van der Waals surface area contributed by atoms with Gasteiger partial charge in [0.2, 0.25) is 0 Å². The highest BCUT2D eigenvalue weighted by Gasteiger charge is 2.52. The third-order valence-corrected chi connectivity index (χ3v) is 4.30. The number of hydroxylamine groups is 2. The summed E-state index contributed by atoms with van der Waals surface area (Å²) in [4.78, 5) is 1.78. The van der Waals surface area contributed by atoms with E-state index in [-0.39, 0.29) is 30.5 Å². The molecule has 3 saturated heterocycles. The first-order chi connectivity index (χ1) is 9.54. The van der Waals surface area contributed by atoms with Gasteiger partial charge in [0.05, 0.1) is 19.4 Å². The molecule has 8 unspecified atom stereocenters. The standard InChI is InChI=1S/C10H21N5O5/c11-8-5-9(13-3-15(8)19)14(2-12-5)10-7(18)6(17)4(1-16)20-10/h4-10,12-13,15-18H,1-3,11H2. The number of nitrogens with two attached hydrogens (primary N) is 1. The molecule has 0 aromatic heterocycles. The first-order valence-electron chi connectivity index (χ1n) is 6.68. The minimum atomic E-state index is -1.14. The summed E-state index contributed by atoms with van der Waals surface area (Å²) in [5.41, 5.74) is 5.87. The number of nitrogens with one attached hydrogen (secondary N) is 3. The molecular formula is C10H21N5O5. The molecule has 0 bridgehead atoms. The zero-order chi connectivity index (χ0) is 14.4. The Morgan fingerprint density at radius 3 is 2.75 bits per heavy atom. The second-order valence-electron chi connectivity index (χ2n) is 5.45. The second kappa shape index (κ2) is 5.42. The van der Waals surface area contributed by atoms with Crippen LogP contribution in [0.15, 0.2) is 0 Å². The topological polar surface area (TPSA) is 151 Å². The molecule has 3 fully saturated rings. The van der Waals surface area contributed by atoms with Crippen molar-refractivity contribution in [2.45, 2.75) is 42.9 Å². The fourth-order valence-electron chi connectivity index (χ4n) is 3.12.